The summed E-state index contributed by atoms with van der Waals surface area (Å²) in [5.41, 5.74) is 7.96. The summed E-state index contributed by atoms with van der Waals surface area (Å²) in [7, 11) is 1.93. The Morgan fingerprint density at radius 2 is 1.79 bits per heavy atom. The van der Waals surface area contributed by atoms with Gasteiger partial charge in [0.15, 0.2) is 0 Å². The molecular weight excluding hydrogens is 263 g/mol. The molecule has 2 aromatic rings. The number of benzene rings is 2. The molecule has 2 aromatic carbocycles. The van der Waals surface area contributed by atoms with Crippen LogP contribution in [-0.4, -0.2) is 11.9 Å². The van der Waals surface area contributed by atoms with Gasteiger partial charge in [-0.3, -0.25) is 4.90 Å². The van der Waals surface area contributed by atoms with Crippen LogP contribution in [0.5, 0.6) is 0 Å². The van der Waals surface area contributed by atoms with Crippen molar-refractivity contribution in [3.63, 3.8) is 0 Å². The first-order chi connectivity index (χ1) is 9.06. The van der Waals surface area contributed by atoms with Crippen molar-refractivity contribution in [2.75, 3.05) is 12.8 Å². The van der Waals surface area contributed by atoms with Crippen molar-refractivity contribution in [2.24, 2.45) is 0 Å². The van der Waals surface area contributed by atoms with Crippen molar-refractivity contribution in [1.82, 2.24) is 4.90 Å². The summed E-state index contributed by atoms with van der Waals surface area (Å²) in [4.78, 5) is 2.01. The van der Waals surface area contributed by atoms with Crippen LogP contribution in [0.15, 0.2) is 42.5 Å². The van der Waals surface area contributed by atoms with Gasteiger partial charge in [0.2, 0.25) is 0 Å². The van der Waals surface area contributed by atoms with Crippen molar-refractivity contribution in [3.8, 4) is 0 Å². The Morgan fingerprint density at radius 1 is 1.11 bits per heavy atom. The molecule has 0 saturated heterocycles. The van der Waals surface area contributed by atoms with E-state index in [-0.39, 0.29) is 5.82 Å². The Balaban J connectivity index is 2.05. The Labute approximate surface area is 117 Å². The fraction of sp³-hybridized carbons (Fsp3) is 0.200. The van der Waals surface area contributed by atoms with Gasteiger partial charge in [0.05, 0.1) is 0 Å². The minimum Gasteiger partial charge on any atom is -0.398 e. The van der Waals surface area contributed by atoms with Crippen molar-refractivity contribution in [2.45, 2.75) is 13.1 Å². The average Bonchev–Trinajstić information content (AvgIpc) is 2.37. The van der Waals surface area contributed by atoms with Gasteiger partial charge >= 0.3 is 0 Å². The SMILES string of the molecule is CN(Cc1ccc(Cl)cc1)Cc1c(N)cccc1F. The Bertz CT molecular complexity index is 534. The molecule has 100 valence electrons. The summed E-state index contributed by atoms with van der Waals surface area (Å²) in [6.45, 7) is 1.19. The van der Waals surface area contributed by atoms with Gasteiger partial charge in [0.1, 0.15) is 5.82 Å². The average molecular weight is 279 g/mol. The zero-order valence-corrected chi connectivity index (χ0v) is 11.5. The minimum absolute atomic E-state index is 0.261. The van der Waals surface area contributed by atoms with E-state index in [4.69, 9.17) is 17.3 Å². The molecule has 0 aliphatic carbocycles. The Hall–Kier alpha value is -1.58. The number of hydrogen-bond donors (Lipinski definition) is 1. The second kappa shape index (κ2) is 6.04. The molecule has 19 heavy (non-hydrogen) atoms. The third-order valence-electron chi connectivity index (χ3n) is 2.95. The predicted octanol–water partition coefficient (Wildman–Crippen LogP) is 3.69. The summed E-state index contributed by atoms with van der Waals surface area (Å²) in [6, 6.07) is 12.4. The standard InChI is InChI=1S/C15H16ClFN2/c1-19(9-11-5-7-12(16)8-6-11)10-13-14(17)3-2-4-15(13)18/h2-8H,9-10,18H2,1H3. The quantitative estimate of drug-likeness (QED) is 0.864. The summed E-state index contributed by atoms with van der Waals surface area (Å²) in [6.07, 6.45) is 0. The van der Waals surface area contributed by atoms with Crippen molar-refractivity contribution in [1.29, 1.82) is 0 Å². The Kier molecular flexibility index (Phi) is 4.40. The summed E-state index contributed by atoms with van der Waals surface area (Å²) in [5.74, 6) is -0.261. The van der Waals surface area contributed by atoms with Gasteiger partial charge < -0.3 is 5.73 Å². The fourth-order valence-corrected chi connectivity index (χ4v) is 2.10. The lowest BCUT2D eigenvalue weighted by Crippen LogP contribution is -2.19. The highest BCUT2D eigenvalue weighted by atomic mass is 35.5. The third-order valence-corrected chi connectivity index (χ3v) is 3.20. The number of hydrogen-bond acceptors (Lipinski definition) is 2. The van der Waals surface area contributed by atoms with Gasteiger partial charge in [0.25, 0.3) is 0 Å². The molecule has 2 rings (SSSR count). The van der Waals surface area contributed by atoms with Gasteiger partial charge in [-0.05, 0) is 36.9 Å². The molecule has 0 saturated carbocycles. The van der Waals surface area contributed by atoms with Gasteiger partial charge in [0, 0.05) is 29.4 Å². The molecule has 0 aromatic heterocycles. The highest BCUT2D eigenvalue weighted by molar-refractivity contribution is 6.30. The van der Waals surface area contributed by atoms with Crippen LogP contribution >= 0.6 is 11.6 Å². The van der Waals surface area contributed by atoms with Crippen LogP contribution in [-0.2, 0) is 13.1 Å². The van der Waals surface area contributed by atoms with E-state index in [1.54, 1.807) is 12.1 Å². The maximum Gasteiger partial charge on any atom is 0.129 e. The van der Waals surface area contributed by atoms with E-state index in [0.29, 0.717) is 29.4 Å². The predicted molar refractivity (Wildman–Crippen MR) is 77.4 cm³/mol. The minimum atomic E-state index is -0.261. The van der Waals surface area contributed by atoms with Crippen molar-refractivity contribution in [3.05, 3.63) is 64.4 Å². The number of rotatable bonds is 4. The number of nitrogens with two attached hydrogens (primary N) is 1. The highest BCUT2D eigenvalue weighted by Gasteiger charge is 2.09. The summed E-state index contributed by atoms with van der Waals surface area (Å²) in [5, 5.41) is 0.713. The molecular formula is C15H16ClFN2. The van der Waals surface area contributed by atoms with Crippen LogP contribution in [0.1, 0.15) is 11.1 Å². The van der Waals surface area contributed by atoms with E-state index in [1.165, 1.54) is 6.07 Å². The van der Waals surface area contributed by atoms with E-state index in [0.717, 1.165) is 5.56 Å². The third kappa shape index (κ3) is 3.69. The first kappa shape index (κ1) is 13.8. The maximum absolute atomic E-state index is 13.7. The maximum atomic E-state index is 13.7. The lowest BCUT2D eigenvalue weighted by Gasteiger charge is -2.18. The normalized spacial score (nSPS) is 10.9. The largest absolute Gasteiger partial charge is 0.398 e. The first-order valence-corrected chi connectivity index (χ1v) is 6.40. The van der Waals surface area contributed by atoms with Gasteiger partial charge in [-0.1, -0.05) is 29.8 Å². The number of nitrogen functional groups attached to an aromatic ring is 1. The van der Waals surface area contributed by atoms with Gasteiger partial charge in [-0.2, -0.15) is 0 Å². The van der Waals surface area contributed by atoms with Crippen LogP contribution < -0.4 is 5.73 Å². The summed E-state index contributed by atoms with van der Waals surface area (Å²) >= 11 is 5.84. The molecule has 0 unspecified atom stereocenters. The molecule has 0 aliphatic heterocycles. The van der Waals surface area contributed by atoms with E-state index in [1.807, 2.05) is 36.2 Å². The smallest absolute Gasteiger partial charge is 0.129 e. The first-order valence-electron chi connectivity index (χ1n) is 6.02. The zero-order chi connectivity index (χ0) is 13.8. The topological polar surface area (TPSA) is 29.3 Å². The second-order valence-corrected chi connectivity index (χ2v) is 5.04. The van der Waals surface area contributed by atoms with Crippen LogP contribution in [0.25, 0.3) is 0 Å². The van der Waals surface area contributed by atoms with E-state index >= 15 is 0 Å². The molecule has 2 N–H and O–H groups in total. The van der Waals surface area contributed by atoms with E-state index in [2.05, 4.69) is 0 Å². The fourth-order valence-electron chi connectivity index (χ4n) is 1.97. The lowest BCUT2D eigenvalue weighted by molar-refractivity contribution is 0.314. The summed E-state index contributed by atoms with van der Waals surface area (Å²) < 4.78 is 13.7. The number of nitrogens with zero attached hydrogens (tertiary/aromatic N) is 1. The van der Waals surface area contributed by atoms with E-state index in [9.17, 15) is 4.39 Å². The molecule has 4 heteroatoms. The van der Waals surface area contributed by atoms with Crippen LogP contribution in [0.2, 0.25) is 5.02 Å². The van der Waals surface area contributed by atoms with Crippen LogP contribution in [0, 0.1) is 5.82 Å². The van der Waals surface area contributed by atoms with Crippen LogP contribution in [0.3, 0.4) is 0 Å². The number of anilines is 1. The molecule has 0 atom stereocenters. The Morgan fingerprint density at radius 3 is 2.42 bits per heavy atom. The molecule has 0 fully saturated rings. The molecule has 0 aliphatic rings. The van der Waals surface area contributed by atoms with Gasteiger partial charge in [-0.25, -0.2) is 4.39 Å². The number of halogens is 2. The zero-order valence-electron chi connectivity index (χ0n) is 10.7. The second-order valence-electron chi connectivity index (χ2n) is 4.61. The van der Waals surface area contributed by atoms with Gasteiger partial charge in [-0.15, -0.1) is 0 Å². The van der Waals surface area contributed by atoms with E-state index < -0.39 is 0 Å². The molecule has 2 nitrogen and oxygen atoms in total. The molecule has 0 heterocycles. The lowest BCUT2D eigenvalue weighted by atomic mass is 10.1. The molecule has 0 spiro atoms. The van der Waals surface area contributed by atoms with Crippen LogP contribution in [0.4, 0.5) is 10.1 Å². The molecule has 0 amide bonds. The molecule has 0 radical (unpaired) electrons. The monoisotopic (exact) mass is 278 g/mol. The van der Waals surface area contributed by atoms with Crippen molar-refractivity contribution >= 4 is 17.3 Å². The molecule has 0 bridgehead atoms. The van der Waals surface area contributed by atoms with Crippen molar-refractivity contribution < 1.29 is 4.39 Å². The highest BCUT2D eigenvalue weighted by Crippen LogP contribution is 2.18.